The zero-order valence-corrected chi connectivity index (χ0v) is 10.5. The summed E-state index contributed by atoms with van der Waals surface area (Å²) >= 11 is 0. The van der Waals surface area contributed by atoms with Crippen molar-refractivity contribution in [3.05, 3.63) is 0 Å². The van der Waals surface area contributed by atoms with Gasteiger partial charge in [-0.1, -0.05) is 44.9 Å². The lowest BCUT2D eigenvalue weighted by Gasteiger charge is -2.02. The smallest absolute Gasteiger partial charge is 0.0465 e. The fourth-order valence-corrected chi connectivity index (χ4v) is 1.73. The minimum atomic E-state index is 0.859. The molecule has 0 fully saturated rings. The second-order valence-electron chi connectivity index (χ2n) is 4.17. The van der Waals surface area contributed by atoms with E-state index in [4.69, 9.17) is 10.5 Å². The normalized spacial score (nSPS) is 10.8. The van der Waals surface area contributed by atoms with E-state index < -0.39 is 0 Å². The Morgan fingerprint density at radius 3 is 1.67 bits per heavy atom. The van der Waals surface area contributed by atoms with Crippen molar-refractivity contribution in [1.82, 2.24) is 0 Å². The highest BCUT2D eigenvalue weighted by Gasteiger charge is 1.92. The summed E-state index contributed by atoms with van der Waals surface area (Å²) in [4.78, 5) is 0. The average molecular weight is 215 g/mol. The molecule has 0 heterocycles. The Morgan fingerprint density at radius 1 is 0.733 bits per heavy atom. The molecule has 0 atom stereocenters. The molecule has 0 saturated heterocycles. The van der Waals surface area contributed by atoms with Gasteiger partial charge in [-0.15, -0.1) is 0 Å². The monoisotopic (exact) mass is 215 g/mol. The van der Waals surface area contributed by atoms with Crippen LogP contribution in [-0.2, 0) is 4.74 Å². The molecule has 2 nitrogen and oxygen atoms in total. The topological polar surface area (TPSA) is 35.2 Å². The standard InChI is InChI=1S/C13H29NO/c1-2-15-13-11-9-7-5-3-4-6-8-10-12-14/h2-14H2,1H3. The van der Waals surface area contributed by atoms with E-state index in [9.17, 15) is 0 Å². The van der Waals surface area contributed by atoms with Crippen LogP contribution in [0.2, 0.25) is 0 Å². The molecule has 0 unspecified atom stereocenters. The van der Waals surface area contributed by atoms with Gasteiger partial charge in [0.05, 0.1) is 0 Å². The van der Waals surface area contributed by atoms with Gasteiger partial charge < -0.3 is 10.5 Å². The molecule has 0 amide bonds. The van der Waals surface area contributed by atoms with E-state index in [1.807, 2.05) is 0 Å². The molecule has 0 bridgehead atoms. The Morgan fingerprint density at radius 2 is 1.20 bits per heavy atom. The third-order valence-electron chi connectivity index (χ3n) is 2.70. The molecule has 0 aliphatic heterocycles. The van der Waals surface area contributed by atoms with Gasteiger partial charge in [-0.05, 0) is 26.3 Å². The maximum Gasteiger partial charge on any atom is 0.0465 e. The van der Waals surface area contributed by atoms with Gasteiger partial charge in [0.2, 0.25) is 0 Å². The predicted molar refractivity (Wildman–Crippen MR) is 67.1 cm³/mol. The Hall–Kier alpha value is -0.0800. The van der Waals surface area contributed by atoms with Gasteiger partial charge in [0.25, 0.3) is 0 Å². The van der Waals surface area contributed by atoms with E-state index in [1.165, 1.54) is 57.8 Å². The van der Waals surface area contributed by atoms with Gasteiger partial charge in [0.15, 0.2) is 0 Å². The first-order valence-corrected chi connectivity index (χ1v) is 6.69. The van der Waals surface area contributed by atoms with Gasteiger partial charge in [-0.25, -0.2) is 0 Å². The fraction of sp³-hybridized carbons (Fsp3) is 1.00. The molecule has 0 saturated carbocycles. The molecule has 0 aromatic carbocycles. The van der Waals surface area contributed by atoms with E-state index in [0.29, 0.717) is 0 Å². The summed E-state index contributed by atoms with van der Waals surface area (Å²) in [6, 6.07) is 0. The van der Waals surface area contributed by atoms with Crippen LogP contribution in [0.25, 0.3) is 0 Å². The lowest BCUT2D eigenvalue weighted by Crippen LogP contribution is -1.97. The molecule has 0 radical (unpaired) electrons. The summed E-state index contributed by atoms with van der Waals surface area (Å²) in [5.74, 6) is 0. The largest absolute Gasteiger partial charge is 0.382 e. The molecule has 15 heavy (non-hydrogen) atoms. The van der Waals surface area contributed by atoms with Gasteiger partial charge >= 0.3 is 0 Å². The summed E-state index contributed by atoms with van der Waals surface area (Å²) in [5.41, 5.74) is 5.44. The van der Waals surface area contributed by atoms with Crippen LogP contribution in [0.15, 0.2) is 0 Å². The Kier molecular flexibility index (Phi) is 13.8. The number of ether oxygens (including phenoxy) is 1. The van der Waals surface area contributed by atoms with Crippen LogP contribution in [-0.4, -0.2) is 19.8 Å². The van der Waals surface area contributed by atoms with E-state index in [2.05, 4.69) is 6.92 Å². The Balaban J connectivity index is 2.81. The molecule has 0 aliphatic carbocycles. The van der Waals surface area contributed by atoms with E-state index in [1.54, 1.807) is 0 Å². The van der Waals surface area contributed by atoms with Crippen molar-refractivity contribution < 1.29 is 4.74 Å². The molecule has 92 valence electrons. The van der Waals surface area contributed by atoms with Crippen LogP contribution < -0.4 is 5.73 Å². The van der Waals surface area contributed by atoms with Crippen LogP contribution in [0.1, 0.15) is 64.7 Å². The number of hydrogen-bond donors (Lipinski definition) is 1. The minimum Gasteiger partial charge on any atom is -0.382 e. The molecule has 2 N–H and O–H groups in total. The summed E-state index contributed by atoms with van der Waals surface area (Å²) < 4.78 is 5.29. The van der Waals surface area contributed by atoms with E-state index in [-0.39, 0.29) is 0 Å². The number of nitrogens with two attached hydrogens (primary N) is 1. The average Bonchev–Trinajstić information content (AvgIpc) is 2.26. The number of unbranched alkanes of at least 4 members (excludes halogenated alkanes) is 8. The van der Waals surface area contributed by atoms with E-state index >= 15 is 0 Å². The molecule has 0 aromatic rings. The van der Waals surface area contributed by atoms with Crippen molar-refractivity contribution in [1.29, 1.82) is 0 Å². The van der Waals surface area contributed by atoms with Crippen molar-refractivity contribution >= 4 is 0 Å². The lowest BCUT2D eigenvalue weighted by molar-refractivity contribution is 0.143. The second-order valence-corrected chi connectivity index (χ2v) is 4.17. The van der Waals surface area contributed by atoms with Crippen LogP contribution in [0.3, 0.4) is 0 Å². The van der Waals surface area contributed by atoms with Gasteiger partial charge in [-0.2, -0.15) is 0 Å². The number of rotatable bonds is 12. The van der Waals surface area contributed by atoms with Crippen LogP contribution in [0.4, 0.5) is 0 Å². The summed E-state index contributed by atoms with van der Waals surface area (Å²) in [6.07, 6.45) is 12.0. The predicted octanol–water partition coefficient (Wildman–Crippen LogP) is 3.49. The zero-order chi connectivity index (χ0) is 11.2. The van der Waals surface area contributed by atoms with Gasteiger partial charge in [0, 0.05) is 13.2 Å². The second kappa shape index (κ2) is 13.9. The van der Waals surface area contributed by atoms with Crippen molar-refractivity contribution in [2.45, 2.75) is 64.7 Å². The molecule has 0 aromatic heterocycles. The maximum absolute atomic E-state index is 5.44. The lowest BCUT2D eigenvalue weighted by atomic mass is 10.1. The maximum atomic E-state index is 5.44. The van der Waals surface area contributed by atoms with Crippen LogP contribution >= 0.6 is 0 Å². The third-order valence-corrected chi connectivity index (χ3v) is 2.70. The number of hydrogen-bond acceptors (Lipinski definition) is 2. The highest BCUT2D eigenvalue weighted by molar-refractivity contribution is 4.47. The van der Waals surface area contributed by atoms with Crippen LogP contribution in [0, 0.1) is 0 Å². The van der Waals surface area contributed by atoms with E-state index in [0.717, 1.165) is 19.8 Å². The first kappa shape index (κ1) is 14.9. The SMILES string of the molecule is CCOCCCCCCCCCCCN. The van der Waals surface area contributed by atoms with Gasteiger partial charge in [0.1, 0.15) is 0 Å². The summed E-state index contributed by atoms with van der Waals surface area (Å²) in [5, 5.41) is 0. The highest BCUT2D eigenvalue weighted by atomic mass is 16.5. The minimum absolute atomic E-state index is 0.859. The van der Waals surface area contributed by atoms with Crippen molar-refractivity contribution in [3.63, 3.8) is 0 Å². The molecule has 0 rings (SSSR count). The third kappa shape index (κ3) is 13.9. The summed E-state index contributed by atoms with van der Waals surface area (Å²) in [7, 11) is 0. The Bertz CT molecular complexity index is 94.7. The molecular formula is C13H29NO. The molecular weight excluding hydrogens is 186 g/mol. The highest BCUT2D eigenvalue weighted by Crippen LogP contribution is 2.09. The first-order chi connectivity index (χ1) is 7.41. The van der Waals surface area contributed by atoms with Crippen molar-refractivity contribution in [3.8, 4) is 0 Å². The molecule has 2 heteroatoms. The fourth-order valence-electron chi connectivity index (χ4n) is 1.73. The molecule has 0 spiro atoms. The Labute approximate surface area is 95.6 Å². The van der Waals surface area contributed by atoms with Gasteiger partial charge in [-0.3, -0.25) is 0 Å². The van der Waals surface area contributed by atoms with Crippen molar-refractivity contribution in [2.24, 2.45) is 5.73 Å². The quantitative estimate of drug-likeness (QED) is 0.506. The summed E-state index contributed by atoms with van der Waals surface area (Å²) in [6.45, 7) is 4.73. The first-order valence-electron chi connectivity index (χ1n) is 6.69. The zero-order valence-electron chi connectivity index (χ0n) is 10.5. The van der Waals surface area contributed by atoms with Crippen molar-refractivity contribution in [2.75, 3.05) is 19.8 Å². The van der Waals surface area contributed by atoms with Crippen LogP contribution in [0.5, 0.6) is 0 Å². The molecule has 0 aliphatic rings.